The van der Waals surface area contributed by atoms with Crippen LogP contribution >= 0.6 is 31.9 Å². The second-order valence-corrected chi connectivity index (χ2v) is 8.52. The molecule has 0 radical (unpaired) electrons. The Balaban J connectivity index is 3.32. The second-order valence-electron chi connectivity index (χ2n) is 6.81. The van der Waals surface area contributed by atoms with Gasteiger partial charge in [0, 0.05) is 30.9 Å². The first-order valence-electron chi connectivity index (χ1n) is 6.53. The smallest absolute Gasteiger partial charge is 0.0489 e. The van der Waals surface area contributed by atoms with Gasteiger partial charge in [0.2, 0.25) is 0 Å². The van der Waals surface area contributed by atoms with Crippen LogP contribution in [0.5, 0.6) is 0 Å². The quantitative estimate of drug-likeness (QED) is 0.472. The molecule has 0 unspecified atom stereocenters. The van der Waals surface area contributed by atoms with E-state index >= 15 is 0 Å². The zero-order chi connectivity index (χ0) is 15.6. The van der Waals surface area contributed by atoms with Gasteiger partial charge in [0.25, 0.3) is 0 Å². The van der Waals surface area contributed by atoms with Crippen LogP contribution in [0.3, 0.4) is 0 Å². The van der Waals surface area contributed by atoms with Gasteiger partial charge in [0.05, 0.1) is 0 Å². The van der Waals surface area contributed by atoms with Crippen molar-refractivity contribution < 1.29 is 0 Å². The highest BCUT2D eigenvalue weighted by Gasteiger charge is 2.09. The van der Waals surface area contributed by atoms with E-state index in [1.54, 1.807) is 0 Å². The lowest BCUT2D eigenvalue weighted by atomic mass is 9.96. The SMILES string of the molecule is CC(C)(C)C#Cc1cc(Br)cc(C#CC(C)(C)C)c1Br. The molecule has 0 N–H and O–H groups in total. The van der Waals surface area contributed by atoms with E-state index < -0.39 is 0 Å². The molecule has 1 rings (SSSR count). The van der Waals surface area contributed by atoms with Crippen molar-refractivity contribution in [3.8, 4) is 23.7 Å². The van der Waals surface area contributed by atoms with Crippen LogP contribution in [0.1, 0.15) is 52.7 Å². The molecule has 0 aromatic heterocycles. The van der Waals surface area contributed by atoms with Crippen LogP contribution in [0.15, 0.2) is 21.1 Å². The van der Waals surface area contributed by atoms with Gasteiger partial charge in [-0.05, 0) is 69.6 Å². The van der Waals surface area contributed by atoms with Crippen molar-refractivity contribution >= 4 is 31.9 Å². The molecule has 0 heterocycles. The average Bonchev–Trinajstić information content (AvgIpc) is 2.25. The second kappa shape index (κ2) is 6.38. The van der Waals surface area contributed by atoms with E-state index in [-0.39, 0.29) is 10.8 Å². The maximum absolute atomic E-state index is 3.63. The van der Waals surface area contributed by atoms with Gasteiger partial charge in [-0.3, -0.25) is 0 Å². The van der Waals surface area contributed by atoms with Crippen LogP contribution in [0, 0.1) is 34.5 Å². The zero-order valence-electron chi connectivity index (χ0n) is 12.9. The number of rotatable bonds is 0. The Labute approximate surface area is 140 Å². The van der Waals surface area contributed by atoms with Crippen molar-refractivity contribution in [2.24, 2.45) is 10.8 Å². The molecule has 20 heavy (non-hydrogen) atoms. The van der Waals surface area contributed by atoms with E-state index in [2.05, 4.69) is 97.1 Å². The van der Waals surface area contributed by atoms with E-state index in [1.165, 1.54) is 0 Å². The predicted molar refractivity (Wildman–Crippen MR) is 94.5 cm³/mol. The fourth-order valence-corrected chi connectivity index (χ4v) is 2.17. The van der Waals surface area contributed by atoms with Gasteiger partial charge in [-0.25, -0.2) is 0 Å². The van der Waals surface area contributed by atoms with Crippen LogP contribution in [0.4, 0.5) is 0 Å². The maximum Gasteiger partial charge on any atom is 0.0489 e. The van der Waals surface area contributed by atoms with Crippen LogP contribution in [0.2, 0.25) is 0 Å². The molecule has 0 saturated carbocycles. The monoisotopic (exact) mass is 394 g/mol. The summed E-state index contributed by atoms with van der Waals surface area (Å²) in [6.45, 7) is 12.6. The fraction of sp³-hybridized carbons (Fsp3) is 0.444. The summed E-state index contributed by atoms with van der Waals surface area (Å²) < 4.78 is 1.96. The highest BCUT2D eigenvalue weighted by atomic mass is 79.9. The Morgan fingerprint density at radius 3 is 1.40 bits per heavy atom. The van der Waals surface area contributed by atoms with E-state index in [9.17, 15) is 0 Å². The third-order valence-corrected chi connectivity index (χ3v) is 3.49. The lowest BCUT2D eigenvalue weighted by molar-refractivity contribution is 0.570. The van der Waals surface area contributed by atoms with Crippen LogP contribution in [-0.2, 0) is 0 Å². The fourth-order valence-electron chi connectivity index (χ4n) is 1.28. The Hall–Kier alpha value is -0.700. The molecule has 0 aliphatic heterocycles. The topological polar surface area (TPSA) is 0 Å². The average molecular weight is 396 g/mol. The van der Waals surface area contributed by atoms with Crippen LogP contribution < -0.4 is 0 Å². The molecule has 0 fully saturated rings. The zero-order valence-corrected chi connectivity index (χ0v) is 16.1. The number of hydrogen-bond acceptors (Lipinski definition) is 0. The Bertz CT molecular complexity index is 565. The number of hydrogen-bond donors (Lipinski definition) is 0. The third-order valence-electron chi connectivity index (χ3n) is 2.18. The third kappa shape index (κ3) is 6.17. The Kier molecular flexibility index (Phi) is 5.54. The van der Waals surface area contributed by atoms with E-state index in [4.69, 9.17) is 0 Å². The van der Waals surface area contributed by atoms with Gasteiger partial charge >= 0.3 is 0 Å². The largest absolute Gasteiger partial charge is 0.0919 e. The minimum absolute atomic E-state index is 0.0149. The summed E-state index contributed by atoms with van der Waals surface area (Å²) >= 11 is 7.16. The van der Waals surface area contributed by atoms with Crippen molar-refractivity contribution in [1.29, 1.82) is 0 Å². The van der Waals surface area contributed by atoms with Gasteiger partial charge in [-0.1, -0.05) is 39.6 Å². The highest BCUT2D eigenvalue weighted by Crippen LogP contribution is 2.26. The molecule has 1 aromatic rings. The normalized spacial score (nSPS) is 11.2. The van der Waals surface area contributed by atoms with Crippen molar-refractivity contribution in [3.63, 3.8) is 0 Å². The molecule has 0 amide bonds. The molecule has 0 bridgehead atoms. The minimum Gasteiger partial charge on any atom is -0.0919 e. The molecule has 0 atom stereocenters. The van der Waals surface area contributed by atoms with Gasteiger partial charge in [-0.15, -0.1) is 0 Å². The first kappa shape index (κ1) is 17.4. The molecule has 0 spiro atoms. The first-order chi connectivity index (χ1) is 8.98. The molecule has 0 saturated heterocycles. The van der Waals surface area contributed by atoms with Crippen molar-refractivity contribution in [2.75, 3.05) is 0 Å². The molecule has 2 heteroatoms. The summed E-state index contributed by atoms with van der Waals surface area (Å²) in [7, 11) is 0. The van der Waals surface area contributed by atoms with Gasteiger partial charge in [0.1, 0.15) is 0 Å². The van der Waals surface area contributed by atoms with Gasteiger partial charge in [0.15, 0.2) is 0 Å². The standard InChI is InChI=1S/C18H20Br2/c1-17(2,3)9-7-13-11-15(19)12-14(16(13)20)8-10-18(4,5)6/h11-12H,1-6H3. The minimum atomic E-state index is -0.0149. The molecule has 106 valence electrons. The summed E-state index contributed by atoms with van der Waals surface area (Å²) in [5.41, 5.74) is 1.90. The number of benzene rings is 1. The molecule has 0 nitrogen and oxygen atoms in total. The van der Waals surface area contributed by atoms with Crippen LogP contribution in [-0.4, -0.2) is 0 Å². The summed E-state index contributed by atoms with van der Waals surface area (Å²) in [6.07, 6.45) is 0. The van der Waals surface area contributed by atoms with E-state index in [0.717, 1.165) is 20.1 Å². The van der Waals surface area contributed by atoms with Crippen molar-refractivity contribution in [2.45, 2.75) is 41.5 Å². The first-order valence-corrected chi connectivity index (χ1v) is 8.12. The summed E-state index contributed by atoms with van der Waals surface area (Å²) in [5, 5.41) is 0. The summed E-state index contributed by atoms with van der Waals surface area (Å²) in [6, 6.07) is 4.04. The highest BCUT2D eigenvalue weighted by molar-refractivity contribution is 9.11. The molecular formula is C18H20Br2. The molecule has 0 aliphatic rings. The van der Waals surface area contributed by atoms with E-state index in [0.29, 0.717) is 0 Å². The summed E-state index contributed by atoms with van der Waals surface area (Å²) in [5.74, 6) is 13.0. The lowest BCUT2D eigenvalue weighted by Crippen LogP contribution is -2.00. The molecular weight excluding hydrogens is 376 g/mol. The number of halogens is 2. The summed E-state index contributed by atoms with van der Waals surface area (Å²) in [4.78, 5) is 0. The Morgan fingerprint density at radius 2 is 1.10 bits per heavy atom. The van der Waals surface area contributed by atoms with Gasteiger partial charge < -0.3 is 0 Å². The van der Waals surface area contributed by atoms with Crippen molar-refractivity contribution in [1.82, 2.24) is 0 Å². The van der Waals surface area contributed by atoms with E-state index in [1.807, 2.05) is 12.1 Å². The van der Waals surface area contributed by atoms with Gasteiger partial charge in [-0.2, -0.15) is 0 Å². The molecule has 0 aliphatic carbocycles. The molecule has 1 aromatic carbocycles. The predicted octanol–water partition coefficient (Wildman–Crippen LogP) is 6.01. The van der Waals surface area contributed by atoms with Crippen LogP contribution in [0.25, 0.3) is 0 Å². The lowest BCUT2D eigenvalue weighted by Gasteiger charge is -2.09. The van der Waals surface area contributed by atoms with Crippen molar-refractivity contribution in [3.05, 3.63) is 32.2 Å². The Morgan fingerprint density at radius 1 is 0.750 bits per heavy atom. The maximum atomic E-state index is 3.63.